The van der Waals surface area contributed by atoms with Crippen molar-refractivity contribution in [1.82, 2.24) is 19.1 Å². The molecule has 9 aromatic carbocycles. The van der Waals surface area contributed by atoms with E-state index in [-0.39, 0.29) is 5.56 Å². The topological polar surface area (TPSA) is 250 Å². The van der Waals surface area contributed by atoms with E-state index in [0.717, 1.165) is 21.5 Å². The third kappa shape index (κ3) is 8.19. The second-order valence-corrected chi connectivity index (χ2v) is 19.5. The van der Waals surface area contributed by atoms with Gasteiger partial charge in [0.1, 0.15) is 6.07 Å². The van der Waals surface area contributed by atoms with Crippen molar-refractivity contribution in [1.29, 1.82) is 47.4 Å². The lowest BCUT2D eigenvalue weighted by atomic mass is 9.96. The maximum atomic E-state index is 11.7. The van der Waals surface area contributed by atoms with Gasteiger partial charge in [-0.25, -0.2) is 9.97 Å². The fourth-order valence-corrected chi connectivity index (χ4v) is 11.1. The van der Waals surface area contributed by atoms with Crippen molar-refractivity contribution in [3.8, 4) is 122 Å². The number of fused-ring (bicyclic) bond motifs is 6. The first-order valence-corrected chi connectivity index (χ1v) is 25.4. The normalized spacial score (nSPS) is 10.7. The molecule has 0 radical (unpaired) electrons. The third-order valence-corrected chi connectivity index (χ3v) is 14.8. The molecule has 0 spiro atoms. The summed E-state index contributed by atoms with van der Waals surface area (Å²) in [6.07, 6.45) is 0. The molecule has 0 bridgehead atoms. The van der Waals surface area contributed by atoms with Gasteiger partial charge in [0.25, 0.3) is 0 Å². The highest BCUT2D eigenvalue weighted by Gasteiger charge is 2.26. The predicted octanol–water partition coefficient (Wildman–Crippen LogP) is 14.5. The van der Waals surface area contributed by atoms with Crippen molar-refractivity contribution < 1.29 is 0 Å². The van der Waals surface area contributed by atoms with Crippen LogP contribution in [0.5, 0.6) is 0 Å². The molecule has 12 aromatic rings. The molecule has 0 aliphatic heterocycles. The molecule has 0 aliphatic carbocycles. The van der Waals surface area contributed by atoms with Gasteiger partial charge in [-0.1, -0.05) is 72.8 Å². The highest BCUT2D eigenvalue weighted by Crippen LogP contribution is 2.44. The Balaban J connectivity index is 1.22. The van der Waals surface area contributed by atoms with Crippen LogP contribution < -0.4 is 0 Å². The maximum Gasteiger partial charge on any atom is 0.161 e. The van der Waals surface area contributed by atoms with E-state index in [0.29, 0.717) is 145 Å². The Labute approximate surface area is 468 Å². The molecule has 12 rings (SSSR count). The van der Waals surface area contributed by atoms with Gasteiger partial charge in [0.15, 0.2) is 5.82 Å². The Morgan fingerprint density at radius 1 is 0.280 bits per heavy atom. The monoisotopic (exact) mass is 1040 g/mol. The molecule has 374 valence electrons. The second-order valence-electron chi connectivity index (χ2n) is 19.5. The Kier molecular flexibility index (Phi) is 12.1. The first-order valence-electron chi connectivity index (χ1n) is 25.4. The van der Waals surface area contributed by atoms with E-state index in [9.17, 15) is 47.4 Å². The molecule has 0 saturated heterocycles. The van der Waals surface area contributed by atoms with Crippen LogP contribution in [-0.4, -0.2) is 19.1 Å². The Hall–Kier alpha value is -12.9. The van der Waals surface area contributed by atoms with Gasteiger partial charge in [-0.3, -0.25) is 0 Å². The van der Waals surface area contributed by atoms with Crippen LogP contribution in [0.4, 0.5) is 0 Å². The molecule has 0 N–H and O–H groups in total. The summed E-state index contributed by atoms with van der Waals surface area (Å²) >= 11 is 0. The van der Waals surface area contributed by atoms with E-state index in [2.05, 4.69) is 54.6 Å². The lowest BCUT2D eigenvalue weighted by molar-refractivity contribution is 1.05. The van der Waals surface area contributed by atoms with Crippen molar-refractivity contribution in [2.75, 3.05) is 0 Å². The predicted molar refractivity (Wildman–Crippen MR) is 310 cm³/mol. The fourth-order valence-electron chi connectivity index (χ4n) is 11.1. The van der Waals surface area contributed by atoms with Crippen molar-refractivity contribution in [3.63, 3.8) is 0 Å². The van der Waals surface area contributed by atoms with Crippen LogP contribution in [-0.2, 0) is 0 Å². The van der Waals surface area contributed by atoms with Crippen LogP contribution in [0.25, 0.3) is 111 Å². The highest BCUT2D eigenvalue weighted by molar-refractivity contribution is 6.13. The SMILES string of the molecule is Cc1cc(C)nc(-c2cc(-n3c4cc(-c5ccc(C#N)cc5C#N)ccc4c4ccc(-c5ccc(C#N)cc5C#N)cc43)c(C#N)cc2-n2c3cc(-c4ccc(C#N)cc4C#N)ccc3c3ccc(-c4ccc(C#N)cc4C#N)cc32)n1. The first kappa shape index (κ1) is 49.9. The van der Waals surface area contributed by atoms with Gasteiger partial charge in [-0.15, -0.1) is 0 Å². The molecule has 3 heterocycles. The zero-order valence-corrected chi connectivity index (χ0v) is 43.4. The highest BCUT2D eigenvalue weighted by atomic mass is 15.0. The van der Waals surface area contributed by atoms with Crippen LogP contribution in [0, 0.1) is 116 Å². The molecule has 0 unspecified atom stereocenters. The van der Waals surface area contributed by atoms with Gasteiger partial charge in [0.2, 0.25) is 0 Å². The number of rotatable bonds is 7. The summed E-state index contributed by atoms with van der Waals surface area (Å²) in [7, 11) is 0. The minimum Gasteiger partial charge on any atom is -0.308 e. The molecule has 13 heteroatoms. The molecule has 0 saturated carbocycles. The van der Waals surface area contributed by atoms with E-state index >= 15 is 0 Å². The fraction of sp³-hybridized carbons (Fsp3) is 0.0290. The molecule has 0 amide bonds. The summed E-state index contributed by atoms with van der Waals surface area (Å²) in [5, 5.41) is 95.6. The van der Waals surface area contributed by atoms with E-state index in [4.69, 9.17) is 9.97 Å². The Morgan fingerprint density at radius 3 is 0.878 bits per heavy atom. The van der Waals surface area contributed by atoms with Gasteiger partial charge in [0, 0.05) is 38.5 Å². The average Bonchev–Trinajstić information content (AvgIpc) is 2.64. The molecule has 0 aliphatic rings. The number of nitriles is 9. The van der Waals surface area contributed by atoms with Crippen LogP contribution in [0.2, 0.25) is 0 Å². The van der Waals surface area contributed by atoms with Crippen molar-refractivity contribution >= 4 is 43.6 Å². The Bertz CT molecular complexity index is 4970. The number of benzene rings is 9. The number of hydrogen-bond donors (Lipinski definition) is 0. The van der Waals surface area contributed by atoms with E-state index < -0.39 is 0 Å². The molecule has 3 aromatic heterocycles. The smallest absolute Gasteiger partial charge is 0.161 e. The second kappa shape index (κ2) is 19.9. The number of aromatic nitrogens is 4. The molecule has 13 nitrogen and oxygen atoms in total. The van der Waals surface area contributed by atoms with Gasteiger partial charge >= 0.3 is 0 Å². The first-order chi connectivity index (χ1) is 40.0. The van der Waals surface area contributed by atoms with E-state index in [1.165, 1.54) is 0 Å². The van der Waals surface area contributed by atoms with Crippen LogP contribution >= 0.6 is 0 Å². The molecule has 0 fully saturated rings. The number of nitrogens with zero attached hydrogens (tertiary/aromatic N) is 13. The summed E-state index contributed by atoms with van der Waals surface area (Å²) in [5.41, 5.74) is 13.3. The molecule has 0 atom stereocenters. The van der Waals surface area contributed by atoms with E-state index in [1.807, 2.05) is 114 Å². The van der Waals surface area contributed by atoms with Gasteiger partial charge < -0.3 is 9.13 Å². The van der Waals surface area contributed by atoms with Crippen molar-refractivity contribution in [2.24, 2.45) is 0 Å². The minimum atomic E-state index is 0.227. The minimum absolute atomic E-state index is 0.227. The molecular formula is C69H33N13. The summed E-state index contributed by atoms with van der Waals surface area (Å²) in [4.78, 5) is 10.1. The van der Waals surface area contributed by atoms with Gasteiger partial charge in [0.05, 0.1) is 132 Å². The van der Waals surface area contributed by atoms with E-state index in [1.54, 1.807) is 72.8 Å². The Morgan fingerprint density at radius 2 is 0.585 bits per heavy atom. The summed E-state index contributed by atoms with van der Waals surface area (Å²) in [6, 6.07) is 69.0. The van der Waals surface area contributed by atoms with Crippen molar-refractivity contribution in [2.45, 2.75) is 13.8 Å². The van der Waals surface area contributed by atoms with Crippen LogP contribution in [0.3, 0.4) is 0 Å². The largest absolute Gasteiger partial charge is 0.308 e. The average molecular weight is 1040 g/mol. The molecular weight excluding hydrogens is 1010 g/mol. The quantitative estimate of drug-likeness (QED) is 0.145. The third-order valence-electron chi connectivity index (χ3n) is 14.8. The summed E-state index contributed by atoms with van der Waals surface area (Å²) in [5.74, 6) is 0.341. The lowest BCUT2D eigenvalue weighted by Crippen LogP contribution is -2.06. The standard InChI is InChI=1S/C69H33N13/c1-39-19-40(2)80-69(79-39)62-29-63(81-64-24-45(54-11-3-41(30-70)20-49(54)34-74)7-15-58(64)59-16-8-46(25-65(59)81)55-12-4-42(31-71)21-50(55)35-75)53(38-78)28-68(62)82-66-26-47(56-13-5-43(32-72)22-51(56)36-76)9-17-60(66)61-18-10-48(27-67(61)82)57-14-6-44(33-73)23-52(57)37-77/h3-29H,1-2H3. The number of hydrogen-bond acceptors (Lipinski definition) is 11. The van der Waals surface area contributed by atoms with Crippen LogP contribution in [0.15, 0.2) is 164 Å². The maximum absolute atomic E-state index is 11.7. The van der Waals surface area contributed by atoms with Crippen molar-refractivity contribution in [3.05, 3.63) is 225 Å². The summed E-state index contributed by atoms with van der Waals surface area (Å²) < 4.78 is 4.02. The number of aryl methyl sites for hydroxylation is 2. The zero-order chi connectivity index (χ0) is 56.9. The summed E-state index contributed by atoms with van der Waals surface area (Å²) in [6.45, 7) is 3.76. The lowest BCUT2D eigenvalue weighted by Gasteiger charge is -2.19. The van der Waals surface area contributed by atoms with Gasteiger partial charge in [-0.05, 0) is 149 Å². The van der Waals surface area contributed by atoms with Crippen LogP contribution in [0.1, 0.15) is 61.5 Å². The van der Waals surface area contributed by atoms with Gasteiger partial charge in [-0.2, -0.15) is 47.4 Å². The zero-order valence-electron chi connectivity index (χ0n) is 43.4. The molecule has 82 heavy (non-hydrogen) atoms.